The van der Waals surface area contributed by atoms with Gasteiger partial charge in [0.1, 0.15) is 11.6 Å². The van der Waals surface area contributed by atoms with Crippen LogP contribution >= 0.6 is 11.6 Å². The Morgan fingerprint density at radius 1 is 1.10 bits per heavy atom. The Bertz CT molecular complexity index is 1040. The fraction of sp³-hybridized carbons (Fsp3) is 0.227. The van der Waals surface area contributed by atoms with Crippen LogP contribution in [0.5, 0.6) is 5.75 Å². The molecule has 8 heteroatoms. The highest BCUT2D eigenvalue weighted by molar-refractivity contribution is 6.31. The highest BCUT2D eigenvalue weighted by atomic mass is 35.5. The van der Waals surface area contributed by atoms with Gasteiger partial charge in [-0.05, 0) is 55.3 Å². The van der Waals surface area contributed by atoms with Crippen molar-refractivity contribution in [2.24, 2.45) is 5.92 Å². The van der Waals surface area contributed by atoms with Gasteiger partial charge >= 0.3 is 0 Å². The fourth-order valence-electron chi connectivity index (χ4n) is 3.52. The molecule has 154 valence electrons. The van der Waals surface area contributed by atoms with E-state index in [2.05, 4.69) is 10.3 Å². The molecule has 1 aliphatic rings. The van der Waals surface area contributed by atoms with Crippen LogP contribution in [0.15, 0.2) is 61.1 Å². The summed E-state index contributed by atoms with van der Waals surface area (Å²) in [5, 5.41) is 13.0. The van der Waals surface area contributed by atoms with Crippen LogP contribution in [-0.2, 0) is 4.79 Å². The first-order chi connectivity index (χ1) is 14.5. The lowest BCUT2D eigenvalue weighted by Crippen LogP contribution is -2.41. The monoisotopic (exact) mass is 424 g/mol. The number of hydrogen-bond donors (Lipinski definition) is 2. The maximum absolute atomic E-state index is 12.8. The number of halogens is 1. The van der Waals surface area contributed by atoms with Crippen molar-refractivity contribution >= 4 is 29.1 Å². The summed E-state index contributed by atoms with van der Waals surface area (Å²) in [4.78, 5) is 31.4. The molecule has 0 unspecified atom stereocenters. The van der Waals surface area contributed by atoms with E-state index in [1.54, 1.807) is 23.2 Å². The molecule has 1 fully saturated rings. The quantitative estimate of drug-likeness (QED) is 0.625. The first-order valence-corrected chi connectivity index (χ1v) is 10.1. The van der Waals surface area contributed by atoms with Crippen LogP contribution in [0.1, 0.15) is 23.2 Å². The summed E-state index contributed by atoms with van der Waals surface area (Å²) in [7, 11) is 0. The second-order valence-corrected chi connectivity index (χ2v) is 7.65. The predicted molar refractivity (Wildman–Crippen MR) is 114 cm³/mol. The molecule has 7 nitrogen and oxygen atoms in total. The van der Waals surface area contributed by atoms with Crippen LogP contribution in [0, 0.1) is 5.92 Å². The van der Waals surface area contributed by atoms with Gasteiger partial charge in [0.2, 0.25) is 5.91 Å². The van der Waals surface area contributed by atoms with E-state index in [4.69, 9.17) is 11.6 Å². The summed E-state index contributed by atoms with van der Waals surface area (Å²) in [6.45, 7) is 0.968. The standard InChI is InChI=1S/C22H21ClN4O3/c23-17-4-5-19(28)18(13-17)25-21(29)15-7-11-27(12-8-15)22(30)16-3-6-20(24-14-16)26-9-1-2-10-26/h1-6,9-10,13-15,28H,7-8,11-12H2,(H,25,29). The van der Waals surface area contributed by atoms with Crippen molar-refractivity contribution in [3.8, 4) is 11.6 Å². The van der Waals surface area contributed by atoms with Crippen molar-refractivity contribution in [2.45, 2.75) is 12.8 Å². The Labute approximate surface area is 178 Å². The van der Waals surface area contributed by atoms with Gasteiger partial charge in [0.25, 0.3) is 5.91 Å². The van der Waals surface area contributed by atoms with E-state index >= 15 is 0 Å². The Balaban J connectivity index is 1.34. The lowest BCUT2D eigenvalue weighted by atomic mass is 9.95. The number of phenols is 1. The zero-order valence-corrected chi connectivity index (χ0v) is 16.9. The molecule has 0 bridgehead atoms. The first-order valence-electron chi connectivity index (χ1n) is 9.69. The van der Waals surface area contributed by atoms with E-state index in [-0.39, 0.29) is 23.5 Å². The van der Waals surface area contributed by atoms with Crippen molar-refractivity contribution in [2.75, 3.05) is 18.4 Å². The lowest BCUT2D eigenvalue weighted by molar-refractivity contribution is -0.121. The van der Waals surface area contributed by atoms with Crippen LogP contribution in [0.25, 0.3) is 5.82 Å². The number of piperidine rings is 1. The molecule has 2 N–H and O–H groups in total. The molecule has 3 aromatic rings. The summed E-state index contributed by atoms with van der Waals surface area (Å²) in [6, 6.07) is 11.9. The topological polar surface area (TPSA) is 87.5 Å². The number of aromatic hydroxyl groups is 1. The average Bonchev–Trinajstić information content (AvgIpc) is 3.31. The van der Waals surface area contributed by atoms with Gasteiger partial charge in [-0.3, -0.25) is 9.59 Å². The SMILES string of the molecule is O=C(Nc1cc(Cl)ccc1O)C1CCN(C(=O)c2ccc(-n3cccc3)nc2)CC1. The van der Waals surface area contributed by atoms with E-state index in [0.717, 1.165) is 5.82 Å². The minimum atomic E-state index is -0.235. The van der Waals surface area contributed by atoms with E-state index in [1.165, 1.54) is 12.1 Å². The molecule has 3 heterocycles. The third-order valence-corrected chi connectivity index (χ3v) is 5.47. The molecule has 4 rings (SSSR count). The maximum Gasteiger partial charge on any atom is 0.255 e. The van der Waals surface area contributed by atoms with Gasteiger partial charge in [-0.2, -0.15) is 0 Å². The van der Waals surface area contributed by atoms with Gasteiger partial charge in [-0.15, -0.1) is 0 Å². The highest BCUT2D eigenvalue weighted by Crippen LogP contribution is 2.28. The largest absolute Gasteiger partial charge is 0.506 e. The van der Waals surface area contributed by atoms with Gasteiger partial charge in [0, 0.05) is 42.6 Å². The van der Waals surface area contributed by atoms with Crippen LogP contribution < -0.4 is 5.32 Å². The van der Waals surface area contributed by atoms with Crippen LogP contribution in [-0.4, -0.2) is 44.5 Å². The number of likely N-dealkylation sites (tertiary alicyclic amines) is 1. The normalized spacial score (nSPS) is 14.5. The number of rotatable bonds is 4. The summed E-state index contributed by atoms with van der Waals surface area (Å²) in [6.07, 6.45) is 6.46. The minimum Gasteiger partial charge on any atom is -0.506 e. The number of anilines is 1. The summed E-state index contributed by atoms with van der Waals surface area (Å²) < 4.78 is 1.87. The number of phenolic OH excluding ortho intramolecular Hbond substituents is 1. The molecule has 0 atom stereocenters. The van der Waals surface area contributed by atoms with Gasteiger partial charge in [0.15, 0.2) is 0 Å². The van der Waals surface area contributed by atoms with E-state index in [0.29, 0.717) is 42.2 Å². The third-order valence-electron chi connectivity index (χ3n) is 5.23. The van der Waals surface area contributed by atoms with Crippen molar-refractivity contribution in [3.05, 3.63) is 71.6 Å². The second-order valence-electron chi connectivity index (χ2n) is 7.21. The minimum absolute atomic E-state index is 0.0313. The van der Waals surface area contributed by atoms with Crippen molar-refractivity contribution in [1.29, 1.82) is 0 Å². The van der Waals surface area contributed by atoms with Gasteiger partial charge < -0.3 is 19.9 Å². The molecule has 2 aromatic heterocycles. The number of pyridine rings is 1. The molecular weight excluding hydrogens is 404 g/mol. The van der Waals surface area contributed by atoms with E-state index in [9.17, 15) is 14.7 Å². The Hall–Kier alpha value is -3.32. The zero-order valence-electron chi connectivity index (χ0n) is 16.2. The molecule has 1 aliphatic heterocycles. The maximum atomic E-state index is 12.8. The lowest BCUT2D eigenvalue weighted by Gasteiger charge is -2.31. The van der Waals surface area contributed by atoms with Crippen molar-refractivity contribution in [1.82, 2.24) is 14.5 Å². The van der Waals surface area contributed by atoms with Gasteiger partial charge in [-0.25, -0.2) is 4.98 Å². The number of aromatic nitrogens is 2. The van der Waals surface area contributed by atoms with Crippen molar-refractivity contribution in [3.63, 3.8) is 0 Å². The Kier molecular flexibility index (Phi) is 5.72. The van der Waals surface area contributed by atoms with Gasteiger partial charge in [-0.1, -0.05) is 11.6 Å². The number of amides is 2. The molecule has 2 amide bonds. The number of nitrogens with zero attached hydrogens (tertiary/aromatic N) is 3. The number of carbonyl (C=O) groups is 2. The first kappa shape index (κ1) is 20.0. The van der Waals surface area contributed by atoms with E-state index in [1.807, 2.05) is 35.2 Å². The molecule has 30 heavy (non-hydrogen) atoms. The number of nitrogens with one attached hydrogen (secondary N) is 1. The molecule has 0 aliphatic carbocycles. The Morgan fingerprint density at radius 3 is 2.50 bits per heavy atom. The average molecular weight is 425 g/mol. The number of benzene rings is 1. The Morgan fingerprint density at radius 2 is 1.83 bits per heavy atom. The second kappa shape index (κ2) is 8.59. The smallest absolute Gasteiger partial charge is 0.255 e. The molecule has 1 aromatic carbocycles. The van der Waals surface area contributed by atoms with Crippen molar-refractivity contribution < 1.29 is 14.7 Å². The predicted octanol–water partition coefficient (Wildman–Crippen LogP) is 3.72. The summed E-state index contributed by atoms with van der Waals surface area (Å²) >= 11 is 5.92. The van der Waals surface area contributed by atoms with Gasteiger partial charge in [0.05, 0.1) is 11.3 Å². The van der Waals surface area contributed by atoms with Crippen LogP contribution in [0.3, 0.4) is 0 Å². The highest BCUT2D eigenvalue weighted by Gasteiger charge is 2.28. The molecule has 0 radical (unpaired) electrons. The molecular formula is C22H21ClN4O3. The molecule has 0 spiro atoms. The summed E-state index contributed by atoms with van der Waals surface area (Å²) in [5.74, 6) is 0.208. The fourth-order valence-corrected chi connectivity index (χ4v) is 3.70. The molecule has 0 saturated carbocycles. The third kappa shape index (κ3) is 4.31. The van der Waals surface area contributed by atoms with E-state index < -0.39 is 0 Å². The zero-order chi connectivity index (χ0) is 21.1. The molecule has 1 saturated heterocycles. The number of carbonyl (C=O) groups excluding carboxylic acids is 2. The van der Waals surface area contributed by atoms with Crippen LogP contribution in [0.2, 0.25) is 5.02 Å². The number of hydrogen-bond acceptors (Lipinski definition) is 4. The van der Waals surface area contributed by atoms with Crippen LogP contribution in [0.4, 0.5) is 5.69 Å². The summed E-state index contributed by atoms with van der Waals surface area (Å²) in [5.41, 5.74) is 0.817.